The molecule has 2 N–H and O–H groups in total. The summed E-state index contributed by atoms with van der Waals surface area (Å²) in [6.45, 7) is 5.88. The molecular formula is C18H25ClN4O4S. The third-order valence-electron chi connectivity index (χ3n) is 4.46. The highest BCUT2D eigenvalue weighted by Crippen LogP contribution is 2.28. The molecule has 1 aliphatic rings. The number of likely N-dealkylation sites (tertiary alicyclic amines) is 1. The predicted octanol–water partition coefficient (Wildman–Crippen LogP) is 1.71. The molecule has 1 aromatic carbocycles. The van der Waals surface area contributed by atoms with Crippen LogP contribution in [0.1, 0.15) is 27.2 Å². The zero-order valence-corrected chi connectivity index (χ0v) is 17.9. The van der Waals surface area contributed by atoms with E-state index in [9.17, 15) is 18.5 Å². The highest BCUT2D eigenvalue weighted by atomic mass is 35.5. The van der Waals surface area contributed by atoms with Crippen LogP contribution < -0.4 is 14.8 Å². The lowest BCUT2D eigenvalue weighted by atomic mass is 9.95. The van der Waals surface area contributed by atoms with Crippen molar-refractivity contribution in [3.63, 3.8) is 0 Å². The first-order valence-corrected chi connectivity index (χ1v) is 10.6. The SMILES string of the molecule is COc1ccc(Cl)cc1S(=O)(=O)N[C@@H]1C[C@H](CNC(=O)C(C)(C)C)N(C#N)C1. The fourth-order valence-corrected chi connectivity index (χ4v) is 4.61. The summed E-state index contributed by atoms with van der Waals surface area (Å²) in [4.78, 5) is 13.5. The molecule has 0 aliphatic carbocycles. The van der Waals surface area contributed by atoms with Crippen molar-refractivity contribution in [2.75, 3.05) is 20.2 Å². The monoisotopic (exact) mass is 428 g/mol. The van der Waals surface area contributed by atoms with Crippen molar-refractivity contribution in [2.45, 2.75) is 44.2 Å². The Morgan fingerprint density at radius 2 is 2.11 bits per heavy atom. The molecule has 1 amide bonds. The van der Waals surface area contributed by atoms with Gasteiger partial charge in [0.15, 0.2) is 6.19 Å². The third-order valence-corrected chi connectivity index (χ3v) is 6.24. The largest absolute Gasteiger partial charge is 0.495 e. The Morgan fingerprint density at radius 3 is 2.68 bits per heavy atom. The minimum absolute atomic E-state index is 0.0597. The number of sulfonamides is 1. The van der Waals surface area contributed by atoms with Crippen molar-refractivity contribution in [2.24, 2.45) is 5.41 Å². The van der Waals surface area contributed by atoms with Gasteiger partial charge < -0.3 is 15.0 Å². The van der Waals surface area contributed by atoms with Crippen LogP contribution in [0.25, 0.3) is 0 Å². The number of nitrogens with one attached hydrogen (secondary N) is 2. The molecule has 0 radical (unpaired) electrons. The van der Waals surface area contributed by atoms with Gasteiger partial charge in [0, 0.05) is 29.6 Å². The standard InChI is InChI=1S/C18H25ClN4O4S/c1-18(2,3)17(24)21-9-14-8-13(10-23(14)11-20)22-28(25,26)16-7-12(19)5-6-15(16)27-4/h5-7,13-14,22H,8-10H2,1-4H3,(H,21,24)/t13-,14-/m1/s1. The summed E-state index contributed by atoms with van der Waals surface area (Å²) in [6.07, 6.45) is 2.45. The van der Waals surface area contributed by atoms with E-state index >= 15 is 0 Å². The van der Waals surface area contributed by atoms with Gasteiger partial charge in [-0.05, 0) is 24.6 Å². The Morgan fingerprint density at radius 1 is 1.43 bits per heavy atom. The number of halogens is 1. The maximum absolute atomic E-state index is 12.8. The number of hydrogen-bond acceptors (Lipinski definition) is 6. The number of nitrogens with zero attached hydrogens (tertiary/aromatic N) is 2. The molecule has 2 atom stereocenters. The van der Waals surface area contributed by atoms with Gasteiger partial charge in [0.1, 0.15) is 10.6 Å². The third kappa shape index (κ3) is 5.28. The minimum atomic E-state index is -3.90. The van der Waals surface area contributed by atoms with Crippen molar-refractivity contribution < 1.29 is 17.9 Å². The molecule has 1 saturated heterocycles. The number of rotatable bonds is 6. The number of amides is 1. The number of carbonyl (C=O) groups is 1. The lowest BCUT2D eigenvalue weighted by molar-refractivity contribution is -0.128. The summed E-state index contributed by atoms with van der Waals surface area (Å²) in [5.74, 6) is 0.0547. The van der Waals surface area contributed by atoms with Crippen molar-refractivity contribution in [1.29, 1.82) is 5.26 Å². The van der Waals surface area contributed by atoms with Gasteiger partial charge in [-0.25, -0.2) is 13.1 Å². The van der Waals surface area contributed by atoms with Crippen molar-refractivity contribution in [3.05, 3.63) is 23.2 Å². The Hall–Kier alpha value is -2.02. The van der Waals surface area contributed by atoms with Gasteiger partial charge in [-0.3, -0.25) is 4.79 Å². The maximum Gasteiger partial charge on any atom is 0.244 e. The number of nitriles is 1. The highest BCUT2D eigenvalue weighted by Gasteiger charge is 2.35. The topological polar surface area (TPSA) is 112 Å². The summed E-state index contributed by atoms with van der Waals surface area (Å²) in [5.41, 5.74) is -0.541. The molecule has 1 heterocycles. The molecular weight excluding hydrogens is 404 g/mol. The summed E-state index contributed by atoms with van der Waals surface area (Å²) in [6, 6.07) is 3.58. The zero-order chi connectivity index (χ0) is 21.1. The van der Waals surface area contributed by atoms with Crippen LogP contribution in [0.5, 0.6) is 5.75 Å². The van der Waals surface area contributed by atoms with E-state index < -0.39 is 21.5 Å². The first-order valence-electron chi connectivity index (χ1n) is 8.78. The second-order valence-corrected chi connectivity index (χ2v) is 9.83. The van der Waals surface area contributed by atoms with Gasteiger partial charge in [0.05, 0.1) is 13.2 Å². The van der Waals surface area contributed by atoms with Crippen molar-refractivity contribution in [1.82, 2.24) is 14.9 Å². The molecule has 1 fully saturated rings. The van der Waals surface area contributed by atoms with E-state index in [4.69, 9.17) is 16.3 Å². The molecule has 0 unspecified atom stereocenters. The lowest BCUT2D eigenvalue weighted by Crippen LogP contribution is -2.42. The Labute approximate surface area is 170 Å². The van der Waals surface area contributed by atoms with Gasteiger partial charge in [-0.2, -0.15) is 5.26 Å². The number of benzene rings is 1. The quantitative estimate of drug-likeness (QED) is 0.667. The normalized spacial score (nSPS) is 19.9. The van der Waals surface area contributed by atoms with Gasteiger partial charge in [0.2, 0.25) is 15.9 Å². The Bertz CT molecular complexity index is 877. The molecule has 8 nitrogen and oxygen atoms in total. The van der Waals surface area contributed by atoms with E-state index in [2.05, 4.69) is 16.2 Å². The van der Waals surface area contributed by atoms with Crippen LogP contribution >= 0.6 is 11.6 Å². The number of carbonyl (C=O) groups excluding carboxylic acids is 1. The molecule has 28 heavy (non-hydrogen) atoms. The number of ether oxygens (including phenoxy) is 1. The first kappa shape index (κ1) is 22.3. The van der Waals surface area contributed by atoms with Crippen LogP contribution in [0.4, 0.5) is 0 Å². The van der Waals surface area contributed by atoms with E-state index in [1.807, 2.05) is 0 Å². The second kappa shape index (κ2) is 8.55. The van der Waals surface area contributed by atoms with Gasteiger partial charge >= 0.3 is 0 Å². The molecule has 0 aromatic heterocycles. The molecule has 10 heteroatoms. The van der Waals surface area contributed by atoms with E-state index in [-0.39, 0.29) is 40.7 Å². The second-order valence-electron chi connectivity index (χ2n) is 7.72. The highest BCUT2D eigenvalue weighted by molar-refractivity contribution is 7.89. The first-order chi connectivity index (χ1) is 13.0. The zero-order valence-electron chi connectivity index (χ0n) is 16.3. The molecule has 2 rings (SSSR count). The van der Waals surface area contributed by atoms with Crippen LogP contribution in [0.15, 0.2) is 23.1 Å². The summed E-state index contributed by atoms with van der Waals surface area (Å²) < 4.78 is 33.3. The van der Waals surface area contributed by atoms with Crippen molar-refractivity contribution >= 4 is 27.5 Å². The molecule has 1 aromatic rings. The van der Waals surface area contributed by atoms with Crippen LogP contribution in [0.2, 0.25) is 5.02 Å². The predicted molar refractivity (Wildman–Crippen MR) is 105 cm³/mol. The molecule has 0 bridgehead atoms. The number of methoxy groups -OCH3 is 1. The molecule has 0 saturated carbocycles. The van der Waals surface area contributed by atoms with Crippen LogP contribution in [-0.2, 0) is 14.8 Å². The average Bonchev–Trinajstić information content (AvgIpc) is 2.99. The Kier molecular flexibility index (Phi) is 6.80. The van der Waals surface area contributed by atoms with Crippen molar-refractivity contribution in [3.8, 4) is 11.9 Å². The van der Waals surface area contributed by atoms with E-state index in [0.29, 0.717) is 6.42 Å². The minimum Gasteiger partial charge on any atom is -0.495 e. The fourth-order valence-electron chi connectivity index (χ4n) is 2.94. The summed E-state index contributed by atoms with van der Waals surface area (Å²) in [7, 11) is -2.52. The van der Waals surface area contributed by atoms with Gasteiger partial charge in [-0.15, -0.1) is 0 Å². The average molecular weight is 429 g/mol. The number of hydrogen-bond donors (Lipinski definition) is 2. The maximum atomic E-state index is 12.8. The molecule has 0 spiro atoms. The van der Waals surface area contributed by atoms with E-state index in [0.717, 1.165) is 0 Å². The Balaban J connectivity index is 2.10. The smallest absolute Gasteiger partial charge is 0.244 e. The van der Waals surface area contributed by atoms with Crippen LogP contribution in [0, 0.1) is 16.9 Å². The summed E-state index contributed by atoms with van der Waals surface area (Å²) in [5, 5.41) is 12.5. The molecule has 154 valence electrons. The van der Waals surface area contributed by atoms with Crippen LogP contribution in [-0.4, -0.2) is 51.5 Å². The lowest BCUT2D eigenvalue weighted by Gasteiger charge is -2.22. The van der Waals surface area contributed by atoms with Crippen LogP contribution in [0.3, 0.4) is 0 Å². The fraction of sp³-hybridized carbons (Fsp3) is 0.556. The van der Waals surface area contributed by atoms with E-state index in [1.54, 1.807) is 26.8 Å². The van der Waals surface area contributed by atoms with Gasteiger partial charge in [-0.1, -0.05) is 32.4 Å². The van der Waals surface area contributed by atoms with Gasteiger partial charge in [0.25, 0.3) is 0 Å². The summed E-state index contributed by atoms with van der Waals surface area (Å²) >= 11 is 5.93. The van der Waals surface area contributed by atoms with E-state index in [1.165, 1.54) is 24.1 Å². The molecule has 1 aliphatic heterocycles.